The van der Waals surface area contributed by atoms with Gasteiger partial charge in [0.05, 0.1) is 4.99 Å². The Morgan fingerprint density at radius 2 is 1.89 bits per heavy atom. The minimum Gasteiger partial charge on any atom is -0.362 e. The van der Waals surface area contributed by atoms with Crippen molar-refractivity contribution in [3.05, 3.63) is 35.4 Å². The predicted molar refractivity (Wildman–Crippen MR) is 115 cm³/mol. The van der Waals surface area contributed by atoms with E-state index < -0.39 is 0 Å². The quantitative estimate of drug-likeness (QED) is 0.801. The summed E-state index contributed by atoms with van der Waals surface area (Å²) in [4.78, 5) is 6.74. The van der Waals surface area contributed by atoms with Gasteiger partial charge in [0.2, 0.25) is 0 Å². The van der Waals surface area contributed by atoms with E-state index in [9.17, 15) is 0 Å². The average molecular weight is 384 g/mol. The van der Waals surface area contributed by atoms with Crippen LogP contribution in [0, 0.1) is 18.8 Å². The van der Waals surface area contributed by atoms with Gasteiger partial charge in [-0.3, -0.25) is 4.90 Å². The van der Waals surface area contributed by atoms with Crippen LogP contribution in [0.4, 0.5) is 0 Å². The van der Waals surface area contributed by atoms with Crippen LogP contribution in [0.3, 0.4) is 0 Å². The van der Waals surface area contributed by atoms with Crippen molar-refractivity contribution >= 4 is 17.2 Å². The molecule has 1 aromatic rings. The molecule has 27 heavy (non-hydrogen) atoms. The standard InChI is InChI=1S/C23H33N3S/c1-16-6-8-17(9-7-16)14-24-19-12-21-20-5-3-11-25-10-2-4-18(23(20)25)15-26(21)22(27)13-19/h6-9,18-21,23-24H,2-5,10-15H2,1H3/t18?,19?,20?,21-,23?/m1/s1. The highest BCUT2D eigenvalue weighted by Crippen LogP contribution is 2.45. The van der Waals surface area contributed by atoms with Crippen molar-refractivity contribution in [2.45, 2.75) is 70.1 Å². The van der Waals surface area contributed by atoms with Gasteiger partial charge in [-0.05, 0) is 69.5 Å². The molecule has 4 unspecified atom stereocenters. The Kier molecular flexibility index (Phi) is 4.99. The normalized spacial score (nSPS) is 36.3. The van der Waals surface area contributed by atoms with Gasteiger partial charge in [0, 0.05) is 37.6 Å². The second-order valence-corrected chi connectivity index (χ2v) is 9.82. The number of benzene rings is 1. The zero-order valence-electron chi connectivity index (χ0n) is 16.6. The Labute approximate surface area is 169 Å². The van der Waals surface area contributed by atoms with Gasteiger partial charge in [0.1, 0.15) is 0 Å². The Balaban J connectivity index is 1.29. The lowest BCUT2D eigenvalue weighted by Crippen LogP contribution is -2.67. The van der Waals surface area contributed by atoms with Gasteiger partial charge in [-0.2, -0.15) is 0 Å². The van der Waals surface area contributed by atoms with E-state index in [-0.39, 0.29) is 0 Å². The maximum absolute atomic E-state index is 5.94. The molecule has 0 bridgehead atoms. The smallest absolute Gasteiger partial charge is 0.0797 e. The zero-order chi connectivity index (χ0) is 18.4. The first-order chi connectivity index (χ1) is 13.2. The van der Waals surface area contributed by atoms with Crippen molar-refractivity contribution in [2.75, 3.05) is 19.6 Å². The zero-order valence-corrected chi connectivity index (χ0v) is 17.4. The van der Waals surface area contributed by atoms with E-state index >= 15 is 0 Å². The third-order valence-electron chi connectivity index (χ3n) is 7.65. The van der Waals surface area contributed by atoms with Crippen LogP contribution in [0.5, 0.6) is 0 Å². The van der Waals surface area contributed by atoms with Crippen LogP contribution in [0.2, 0.25) is 0 Å². The van der Waals surface area contributed by atoms with Gasteiger partial charge in [0.25, 0.3) is 0 Å². The lowest BCUT2D eigenvalue weighted by molar-refractivity contribution is -0.0620. The number of nitrogens with one attached hydrogen (secondary N) is 1. The predicted octanol–water partition coefficient (Wildman–Crippen LogP) is 3.75. The Bertz CT molecular complexity index is 685. The van der Waals surface area contributed by atoms with E-state index in [1.54, 1.807) is 0 Å². The molecular formula is C23H33N3S. The molecule has 0 spiro atoms. The third kappa shape index (κ3) is 3.45. The highest BCUT2D eigenvalue weighted by molar-refractivity contribution is 7.80. The molecule has 4 fully saturated rings. The SMILES string of the molecule is Cc1ccc(CNC2CC(=S)N3CC4CCCN5CCCC(C45)[C@H]3C2)cc1. The van der Waals surface area contributed by atoms with Gasteiger partial charge in [0.15, 0.2) is 0 Å². The fraction of sp³-hybridized carbons (Fsp3) is 0.696. The lowest BCUT2D eigenvalue weighted by atomic mass is 9.67. The van der Waals surface area contributed by atoms with Crippen molar-refractivity contribution in [1.82, 2.24) is 15.1 Å². The lowest BCUT2D eigenvalue weighted by Gasteiger charge is -2.60. The number of nitrogens with zero attached hydrogens (tertiary/aromatic N) is 2. The molecule has 4 aliphatic heterocycles. The second-order valence-electron chi connectivity index (χ2n) is 9.35. The first-order valence-electron chi connectivity index (χ1n) is 11.0. The van der Waals surface area contributed by atoms with Crippen LogP contribution in [-0.4, -0.2) is 52.5 Å². The van der Waals surface area contributed by atoms with E-state index in [4.69, 9.17) is 12.2 Å². The molecule has 0 aliphatic carbocycles. The fourth-order valence-corrected chi connectivity index (χ4v) is 6.82. The van der Waals surface area contributed by atoms with Crippen molar-refractivity contribution < 1.29 is 0 Å². The molecule has 4 heteroatoms. The van der Waals surface area contributed by atoms with Crippen LogP contribution in [-0.2, 0) is 6.54 Å². The molecule has 146 valence electrons. The van der Waals surface area contributed by atoms with Crippen LogP contribution < -0.4 is 5.32 Å². The van der Waals surface area contributed by atoms with E-state index in [2.05, 4.69) is 46.3 Å². The molecule has 1 aromatic carbocycles. The summed E-state index contributed by atoms with van der Waals surface area (Å²) in [6.07, 6.45) is 7.91. The van der Waals surface area contributed by atoms with Crippen LogP contribution in [0.1, 0.15) is 49.7 Å². The maximum Gasteiger partial charge on any atom is 0.0797 e. The van der Waals surface area contributed by atoms with Gasteiger partial charge in [-0.25, -0.2) is 0 Å². The highest BCUT2D eigenvalue weighted by atomic mass is 32.1. The van der Waals surface area contributed by atoms with Crippen molar-refractivity contribution in [3.8, 4) is 0 Å². The van der Waals surface area contributed by atoms with E-state index in [0.29, 0.717) is 12.1 Å². The molecule has 4 saturated heterocycles. The van der Waals surface area contributed by atoms with Crippen molar-refractivity contribution in [3.63, 3.8) is 0 Å². The van der Waals surface area contributed by atoms with Crippen molar-refractivity contribution in [1.29, 1.82) is 0 Å². The van der Waals surface area contributed by atoms with E-state index in [0.717, 1.165) is 30.8 Å². The van der Waals surface area contributed by atoms with Crippen LogP contribution >= 0.6 is 12.2 Å². The summed E-state index contributed by atoms with van der Waals surface area (Å²) in [6.45, 7) is 7.02. The van der Waals surface area contributed by atoms with Gasteiger partial charge in [-0.15, -0.1) is 0 Å². The number of thiocarbonyl (C=S) groups is 1. The minimum absolute atomic E-state index is 0.538. The number of rotatable bonds is 3. The topological polar surface area (TPSA) is 18.5 Å². The van der Waals surface area contributed by atoms with Gasteiger partial charge in [-0.1, -0.05) is 42.0 Å². The highest BCUT2D eigenvalue weighted by Gasteiger charge is 2.50. The molecule has 4 aliphatic rings. The summed E-state index contributed by atoms with van der Waals surface area (Å²) in [5.41, 5.74) is 2.72. The fourth-order valence-electron chi connectivity index (χ4n) is 6.41. The summed E-state index contributed by atoms with van der Waals surface area (Å²) >= 11 is 5.94. The van der Waals surface area contributed by atoms with Crippen molar-refractivity contribution in [2.24, 2.45) is 11.8 Å². The minimum atomic E-state index is 0.538. The third-order valence-corrected chi connectivity index (χ3v) is 8.06. The molecule has 0 saturated carbocycles. The molecule has 4 heterocycles. The Morgan fingerprint density at radius 1 is 1.11 bits per heavy atom. The Morgan fingerprint density at radius 3 is 2.70 bits per heavy atom. The van der Waals surface area contributed by atoms with Crippen LogP contribution in [0.25, 0.3) is 0 Å². The summed E-state index contributed by atoms with van der Waals surface area (Å²) < 4.78 is 0. The molecule has 5 rings (SSSR count). The molecule has 0 amide bonds. The number of hydrogen-bond donors (Lipinski definition) is 1. The van der Waals surface area contributed by atoms with E-state index in [1.807, 2.05) is 0 Å². The second kappa shape index (κ2) is 7.46. The Hall–Kier alpha value is -0.970. The largest absolute Gasteiger partial charge is 0.362 e. The van der Waals surface area contributed by atoms with Gasteiger partial charge >= 0.3 is 0 Å². The van der Waals surface area contributed by atoms with Gasteiger partial charge < -0.3 is 10.2 Å². The molecule has 3 nitrogen and oxygen atoms in total. The molecule has 5 atom stereocenters. The average Bonchev–Trinajstić information content (AvgIpc) is 2.69. The van der Waals surface area contributed by atoms with Crippen LogP contribution in [0.15, 0.2) is 24.3 Å². The molecule has 1 N–H and O–H groups in total. The summed E-state index contributed by atoms with van der Waals surface area (Å²) in [6, 6.07) is 11.0. The molecule has 0 radical (unpaired) electrons. The summed E-state index contributed by atoms with van der Waals surface area (Å²) in [5, 5.41) is 3.84. The number of hydrogen-bond acceptors (Lipinski definition) is 3. The molecular weight excluding hydrogens is 350 g/mol. The number of fused-ring (bicyclic) bond motifs is 2. The monoisotopic (exact) mass is 383 g/mol. The first-order valence-corrected chi connectivity index (χ1v) is 11.4. The first kappa shape index (κ1) is 18.1. The van der Waals surface area contributed by atoms with E-state index in [1.165, 1.54) is 67.9 Å². The number of piperidine rings is 4. The number of aryl methyl sites for hydroxylation is 1. The molecule has 0 aromatic heterocycles. The maximum atomic E-state index is 5.94. The summed E-state index contributed by atoms with van der Waals surface area (Å²) in [5.74, 6) is 1.69. The summed E-state index contributed by atoms with van der Waals surface area (Å²) in [7, 11) is 0.